The molecule has 0 fully saturated rings. The van der Waals surface area contributed by atoms with Crippen LogP contribution in [0.15, 0.2) is 109 Å². The van der Waals surface area contributed by atoms with Crippen LogP contribution in [-0.2, 0) is 6.42 Å². The van der Waals surface area contributed by atoms with Gasteiger partial charge in [-0.25, -0.2) is 0 Å². The number of hydrogen-bond donors (Lipinski definition) is 0. The molecule has 0 saturated heterocycles. The van der Waals surface area contributed by atoms with Crippen molar-refractivity contribution in [1.82, 2.24) is 0 Å². The number of rotatable bonds is 8. The standard InChI is InChI=1S/C31H32/c1-4-5-14-25(2)23-31(29-18-10-7-11-19-29)24-30-22-13-21-28(26(30)3)20-12-17-27-15-8-6-9-16-27/h4-16,18-22,24H,17,23H2,1-3H3. The molecule has 156 valence electrons. The summed E-state index contributed by atoms with van der Waals surface area (Å²) in [6, 6.07) is 27.9. The first-order valence-corrected chi connectivity index (χ1v) is 11.0. The largest absolute Gasteiger partial charge is 0.0877 e. The van der Waals surface area contributed by atoms with Crippen molar-refractivity contribution in [3.05, 3.63) is 137 Å². The summed E-state index contributed by atoms with van der Waals surface area (Å²) >= 11 is 0. The van der Waals surface area contributed by atoms with Crippen molar-refractivity contribution in [2.75, 3.05) is 0 Å². The molecule has 3 aromatic rings. The topological polar surface area (TPSA) is 0 Å². The van der Waals surface area contributed by atoms with E-state index in [0.717, 1.165) is 12.8 Å². The fourth-order valence-corrected chi connectivity index (χ4v) is 3.64. The van der Waals surface area contributed by atoms with E-state index in [1.165, 1.54) is 39.0 Å². The molecule has 0 amide bonds. The van der Waals surface area contributed by atoms with E-state index in [0.29, 0.717) is 0 Å². The van der Waals surface area contributed by atoms with Crippen LogP contribution in [0, 0.1) is 6.92 Å². The zero-order chi connectivity index (χ0) is 21.9. The molecule has 0 aromatic heterocycles. The molecule has 0 N–H and O–H groups in total. The van der Waals surface area contributed by atoms with Crippen LogP contribution in [0.3, 0.4) is 0 Å². The average molecular weight is 405 g/mol. The molecule has 0 radical (unpaired) electrons. The first-order chi connectivity index (χ1) is 15.2. The van der Waals surface area contributed by atoms with Crippen molar-refractivity contribution < 1.29 is 0 Å². The molecule has 31 heavy (non-hydrogen) atoms. The summed E-state index contributed by atoms with van der Waals surface area (Å²) in [5, 5.41) is 0. The van der Waals surface area contributed by atoms with Gasteiger partial charge in [-0.2, -0.15) is 0 Å². The van der Waals surface area contributed by atoms with Crippen LogP contribution in [0.2, 0.25) is 0 Å². The molecule has 0 heterocycles. The van der Waals surface area contributed by atoms with Gasteiger partial charge in [-0.3, -0.25) is 0 Å². The monoisotopic (exact) mass is 404 g/mol. The molecule has 0 aliphatic carbocycles. The lowest BCUT2D eigenvalue weighted by atomic mass is 9.93. The van der Waals surface area contributed by atoms with Crippen molar-refractivity contribution in [2.45, 2.75) is 33.6 Å². The van der Waals surface area contributed by atoms with Crippen LogP contribution >= 0.6 is 0 Å². The third-order valence-corrected chi connectivity index (χ3v) is 5.43. The predicted molar refractivity (Wildman–Crippen MR) is 138 cm³/mol. The predicted octanol–water partition coefficient (Wildman–Crippen LogP) is 8.70. The van der Waals surface area contributed by atoms with Gasteiger partial charge in [-0.05, 0) is 67.0 Å². The highest BCUT2D eigenvalue weighted by Crippen LogP contribution is 2.27. The van der Waals surface area contributed by atoms with Gasteiger partial charge in [0.05, 0.1) is 0 Å². The van der Waals surface area contributed by atoms with Gasteiger partial charge in [0.25, 0.3) is 0 Å². The van der Waals surface area contributed by atoms with Crippen LogP contribution in [-0.4, -0.2) is 0 Å². The van der Waals surface area contributed by atoms with Gasteiger partial charge >= 0.3 is 0 Å². The Labute approximate surface area is 188 Å². The van der Waals surface area contributed by atoms with Crippen LogP contribution in [0.1, 0.15) is 48.1 Å². The van der Waals surface area contributed by atoms with Gasteiger partial charge in [0.2, 0.25) is 0 Å². The van der Waals surface area contributed by atoms with E-state index in [4.69, 9.17) is 0 Å². The lowest BCUT2D eigenvalue weighted by molar-refractivity contribution is 1.23. The zero-order valence-electron chi connectivity index (χ0n) is 18.9. The highest BCUT2D eigenvalue weighted by atomic mass is 14.1. The van der Waals surface area contributed by atoms with Crippen LogP contribution in [0.4, 0.5) is 0 Å². The van der Waals surface area contributed by atoms with E-state index < -0.39 is 0 Å². The van der Waals surface area contributed by atoms with E-state index in [9.17, 15) is 0 Å². The molecule has 0 saturated carbocycles. The highest BCUT2D eigenvalue weighted by Gasteiger charge is 2.06. The fraction of sp³-hybridized carbons (Fsp3) is 0.161. The highest BCUT2D eigenvalue weighted by molar-refractivity contribution is 5.84. The molecule has 0 heteroatoms. The first kappa shape index (κ1) is 22.3. The minimum Gasteiger partial charge on any atom is -0.0877 e. The van der Waals surface area contributed by atoms with Gasteiger partial charge in [0.1, 0.15) is 0 Å². The second-order valence-electron chi connectivity index (χ2n) is 7.90. The Bertz CT molecular complexity index is 1080. The Morgan fingerprint density at radius 1 is 0.806 bits per heavy atom. The van der Waals surface area contributed by atoms with Gasteiger partial charge < -0.3 is 0 Å². The SMILES string of the molecule is CC=CC=C(C)CC(=Cc1cccc(C=CCc2ccccc2)c1C)c1ccccc1. The number of hydrogen-bond acceptors (Lipinski definition) is 0. The maximum atomic E-state index is 2.35. The molecular formula is C31H32. The Morgan fingerprint density at radius 2 is 1.48 bits per heavy atom. The quantitative estimate of drug-likeness (QED) is 0.260. The Kier molecular flexibility index (Phi) is 8.43. The van der Waals surface area contributed by atoms with E-state index in [1.54, 1.807) is 0 Å². The van der Waals surface area contributed by atoms with Crippen molar-refractivity contribution >= 4 is 17.7 Å². The molecule has 3 aromatic carbocycles. The molecule has 0 spiro atoms. The van der Waals surface area contributed by atoms with Gasteiger partial charge in [0.15, 0.2) is 0 Å². The van der Waals surface area contributed by atoms with Crippen molar-refractivity contribution in [1.29, 1.82) is 0 Å². The van der Waals surface area contributed by atoms with Crippen molar-refractivity contribution in [2.24, 2.45) is 0 Å². The van der Waals surface area contributed by atoms with E-state index in [1.807, 2.05) is 0 Å². The number of allylic oxidation sites excluding steroid dienone is 6. The summed E-state index contributed by atoms with van der Waals surface area (Å²) in [7, 11) is 0. The van der Waals surface area contributed by atoms with Crippen LogP contribution in [0.25, 0.3) is 17.7 Å². The molecule has 0 bridgehead atoms. The third-order valence-electron chi connectivity index (χ3n) is 5.43. The van der Waals surface area contributed by atoms with E-state index >= 15 is 0 Å². The maximum Gasteiger partial charge on any atom is -0.00606 e. The maximum absolute atomic E-state index is 2.35. The minimum absolute atomic E-state index is 0.932. The summed E-state index contributed by atoms with van der Waals surface area (Å²) < 4.78 is 0. The van der Waals surface area contributed by atoms with Gasteiger partial charge in [0, 0.05) is 0 Å². The average Bonchev–Trinajstić information content (AvgIpc) is 2.81. The van der Waals surface area contributed by atoms with Crippen LogP contribution in [0.5, 0.6) is 0 Å². The summed E-state index contributed by atoms with van der Waals surface area (Å²) in [6.07, 6.45) is 15.1. The first-order valence-electron chi connectivity index (χ1n) is 11.0. The molecule has 0 aliphatic heterocycles. The molecule has 0 nitrogen and oxygen atoms in total. The lowest BCUT2D eigenvalue weighted by Gasteiger charge is -2.11. The molecule has 0 aliphatic rings. The van der Waals surface area contributed by atoms with Gasteiger partial charge in [-0.15, -0.1) is 0 Å². The zero-order valence-corrected chi connectivity index (χ0v) is 18.9. The molecule has 0 unspecified atom stereocenters. The minimum atomic E-state index is 0.932. The lowest BCUT2D eigenvalue weighted by Crippen LogP contribution is -1.91. The summed E-state index contributed by atoms with van der Waals surface area (Å²) in [5.74, 6) is 0. The third kappa shape index (κ3) is 6.83. The van der Waals surface area contributed by atoms with Crippen molar-refractivity contribution in [3.63, 3.8) is 0 Å². The van der Waals surface area contributed by atoms with Crippen molar-refractivity contribution in [3.8, 4) is 0 Å². The molecule has 3 rings (SSSR count). The fourth-order valence-electron chi connectivity index (χ4n) is 3.64. The summed E-state index contributed by atoms with van der Waals surface area (Å²) in [5.41, 5.74) is 9.17. The smallest absolute Gasteiger partial charge is 0.00606 e. The normalized spacial score (nSPS) is 12.7. The Hall–Kier alpha value is -3.38. The Morgan fingerprint density at radius 3 is 2.19 bits per heavy atom. The number of benzene rings is 3. The molecular weight excluding hydrogens is 372 g/mol. The Balaban J connectivity index is 1.90. The molecule has 0 atom stereocenters. The summed E-state index contributed by atoms with van der Waals surface area (Å²) in [6.45, 7) is 6.48. The van der Waals surface area contributed by atoms with E-state index in [-0.39, 0.29) is 0 Å². The summed E-state index contributed by atoms with van der Waals surface area (Å²) in [4.78, 5) is 0. The van der Waals surface area contributed by atoms with Gasteiger partial charge in [-0.1, -0.05) is 121 Å². The van der Waals surface area contributed by atoms with E-state index in [2.05, 4.69) is 136 Å². The second kappa shape index (κ2) is 11.7. The second-order valence-corrected chi connectivity index (χ2v) is 7.90. The van der Waals surface area contributed by atoms with Crippen LogP contribution < -0.4 is 0 Å².